The number of hydrogen-bond acceptors (Lipinski definition) is 3. The zero-order valence-electron chi connectivity index (χ0n) is 23.0. The Morgan fingerprint density at radius 1 is 0.973 bits per heavy atom. The van der Waals surface area contributed by atoms with Crippen LogP contribution in [0.3, 0.4) is 0 Å². The molecule has 0 saturated heterocycles. The fourth-order valence-corrected chi connectivity index (χ4v) is 6.25. The van der Waals surface area contributed by atoms with E-state index >= 15 is 0 Å². The third-order valence-corrected chi connectivity index (χ3v) is 8.35. The Morgan fingerprint density at radius 2 is 1.78 bits per heavy atom. The monoisotopic (exact) mass is 493 g/mol. The summed E-state index contributed by atoms with van der Waals surface area (Å²) in [6.07, 6.45) is 11.3. The molecule has 5 nitrogen and oxygen atoms in total. The summed E-state index contributed by atoms with van der Waals surface area (Å²) in [6, 6.07) is 9.37. The Bertz CT molecular complexity index is 1480. The van der Waals surface area contributed by atoms with E-state index in [2.05, 4.69) is 104 Å². The van der Waals surface area contributed by atoms with Gasteiger partial charge in [-0.1, -0.05) is 59.8 Å². The second kappa shape index (κ2) is 9.20. The average Bonchev–Trinajstić information content (AvgIpc) is 3.53. The van der Waals surface area contributed by atoms with Crippen LogP contribution in [0.1, 0.15) is 106 Å². The van der Waals surface area contributed by atoms with E-state index in [1.165, 1.54) is 57.6 Å². The lowest BCUT2D eigenvalue weighted by Gasteiger charge is -2.27. The molecule has 2 unspecified atom stereocenters. The topological polar surface area (TPSA) is 58.5 Å². The summed E-state index contributed by atoms with van der Waals surface area (Å²) >= 11 is 0. The molecule has 0 radical (unpaired) electrons. The molecule has 2 aliphatic rings. The zero-order valence-corrected chi connectivity index (χ0v) is 23.0. The first-order chi connectivity index (χ1) is 17.8. The summed E-state index contributed by atoms with van der Waals surface area (Å²) in [5.74, 6) is 3.27. The summed E-state index contributed by atoms with van der Waals surface area (Å²) in [6.45, 7) is 14.8. The lowest BCUT2D eigenvalue weighted by molar-refractivity contribution is 0.368. The van der Waals surface area contributed by atoms with Gasteiger partial charge in [-0.15, -0.1) is 0 Å². The third-order valence-electron chi connectivity index (χ3n) is 8.35. The second-order valence-corrected chi connectivity index (χ2v) is 11.9. The Morgan fingerprint density at radius 3 is 2.54 bits per heavy atom. The highest BCUT2D eigenvalue weighted by Gasteiger charge is 2.27. The summed E-state index contributed by atoms with van der Waals surface area (Å²) in [5.41, 5.74) is 9.86. The number of H-pyrrole nitrogens is 1. The van der Waals surface area contributed by atoms with Gasteiger partial charge in [-0.05, 0) is 65.5 Å². The molecule has 5 heteroatoms. The van der Waals surface area contributed by atoms with Gasteiger partial charge in [0.05, 0.1) is 23.4 Å². The third kappa shape index (κ3) is 4.18. The molecule has 6 rings (SSSR count). The summed E-state index contributed by atoms with van der Waals surface area (Å²) in [4.78, 5) is 5.22. The number of nitrogens with zero attached hydrogens (tertiary/aromatic N) is 3. The van der Waals surface area contributed by atoms with Crippen molar-refractivity contribution in [2.24, 2.45) is 5.92 Å². The molecule has 0 saturated carbocycles. The lowest BCUT2D eigenvalue weighted by Crippen LogP contribution is -2.19. The maximum Gasteiger partial charge on any atom is 0.112 e. The quantitative estimate of drug-likeness (QED) is 0.293. The van der Waals surface area contributed by atoms with Crippen LogP contribution < -0.4 is 5.32 Å². The Hall–Kier alpha value is -3.34. The molecule has 192 valence electrons. The van der Waals surface area contributed by atoms with Gasteiger partial charge in [-0.2, -0.15) is 5.10 Å². The van der Waals surface area contributed by atoms with Crippen LogP contribution in [0.25, 0.3) is 28.2 Å². The molecule has 2 atom stereocenters. The van der Waals surface area contributed by atoms with Crippen molar-refractivity contribution in [1.29, 1.82) is 0 Å². The number of aryl methyl sites for hydroxylation is 1. The highest BCUT2D eigenvalue weighted by atomic mass is 15.1. The predicted octanol–water partition coefficient (Wildman–Crippen LogP) is 8.39. The van der Waals surface area contributed by atoms with Crippen molar-refractivity contribution in [3.05, 3.63) is 70.8 Å². The lowest BCUT2D eigenvalue weighted by atomic mass is 9.88. The van der Waals surface area contributed by atoms with Crippen LogP contribution in [0.5, 0.6) is 0 Å². The summed E-state index contributed by atoms with van der Waals surface area (Å²) in [5, 5.41) is 12.6. The molecule has 0 amide bonds. The number of imidazole rings is 1. The molecule has 37 heavy (non-hydrogen) atoms. The van der Waals surface area contributed by atoms with Gasteiger partial charge in [0, 0.05) is 40.9 Å². The smallest absolute Gasteiger partial charge is 0.112 e. The van der Waals surface area contributed by atoms with Gasteiger partial charge in [-0.25, -0.2) is 4.98 Å². The molecule has 2 aromatic heterocycles. The van der Waals surface area contributed by atoms with Crippen molar-refractivity contribution in [1.82, 2.24) is 19.7 Å². The van der Waals surface area contributed by atoms with Crippen LogP contribution >= 0.6 is 0 Å². The maximum atomic E-state index is 5.22. The molecule has 4 heterocycles. The normalized spacial score (nSPS) is 19.1. The molecule has 0 aliphatic carbocycles. The van der Waals surface area contributed by atoms with Gasteiger partial charge in [-0.3, -0.25) is 5.10 Å². The minimum atomic E-state index is 0.105. The first-order valence-electron chi connectivity index (χ1n) is 14.0. The van der Waals surface area contributed by atoms with Crippen LogP contribution in [-0.4, -0.2) is 19.7 Å². The molecule has 2 aliphatic heterocycles. The predicted molar refractivity (Wildman–Crippen MR) is 154 cm³/mol. The fourth-order valence-electron chi connectivity index (χ4n) is 6.25. The summed E-state index contributed by atoms with van der Waals surface area (Å²) in [7, 11) is 0. The van der Waals surface area contributed by atoms with Crippen molar-refractivity contribution in [2.75, 3.05) is 5.32 Å². The van der Waals surface area contributed by atoms with E-state index in [-0.39, 0.29) is 6.04 Å². The van der Waals surface area contributed by atoms with Crippen LogP contribution in [-0.2, 0) is 6.54 Å². The Labute approximate surface area is 220 Å². The SMILES string of the molecule is CC(C)c1cc(-c2cn3c(n2)C(C(C)C)CCC3)cc2c1C=CC(c1cc(C(C)C)c3cn[nH]c3c1)N2. The van der Waals surface area contributed by atoms with Crippen LogP contribution in [0.2, 0.25) is 0 Å². The number of benzene rings is 2. The minimum absolute atomic E-state index is 0.105. The van der Waals surface area contributed by atoms with E-state index < -0.39 is 0 Å². The molecule has 0 spiro atoms. The number of fused-ring (bicyclic) bond motifs is 3. The van der Waals surface area contributed by atoms with E-state index in [4.69, 9.17) is 4.98 Å². The Balaban J connectivity index is 1.41. The van der Waals surface area contributed by atoms with Crippen molar-refractivity contribution < 1.29 is 0 Å². The highest BCUT2D eigenvalue weighted by molar-refractivity contribution is 5.84. The van der Waals surface area contributed by atoms with Gasteiger partial charge in [0.15, 0.2) is 0 Å². The second-order valence-electron chi connectivity index (χ2n) is 11.9. The van der Waals surface area contributed by atoms with Crippen molar-refractivity contribution >= 4 is 22.7 Å². The highest BCUT2D eigenvalue weighted by Crippen LogP contribution is 2.41. The largest absolute Gasteiger partial charge is 0.374 e. The van der Waals surface area contributed by atoms with Crippen molar-refractivity contribution in [3.63, 3.8) is 0 Å². The van der Waals surface area contributed by atoms with Crippen molar-refractivity contribution in [2.45, 2.75) is 84.7 Å². The van der Waals surface area contributed by atoms with Gasteiger partial charge in [0.2, 0.25) is 0 Å². The molecular formula is C32H39N5. The van der Waals surface area contributed by atoms with Crippen molar-refractivity contribution in [3.8, 4) is 11.3 Å². The number of rotatable bonds is 5. The molecule has 2 aromatic carbocycles. The average molecular weight is 494 g/mol. The number of anilines is 1. The molecule has 0 fully saturated rings. The van der Waals surface area contributed by atoms with Gasteiger partial charge < -0.3 is 9.88 Å². The van der Waals surface area contributed by atoms with Crippen LogP contribution in [0.15, 0.2) is 42.7 Å². The van der Waals surface area contributed by atoms with Gasteiger partial charge >= 0.3 is 0 Å². The van der Waals surface area contributed by atoms with Gasteiger partial charge in [0.1, 0.15) is 5.82 Å². The minimum Gasteiger partial charge on any atom is -0.374 e. The number of nitrogens with one attached hydrogen (secondary N) is 2. The van der Waals surface area contributed by atoms with E-state index in [9.17, 15) is 0 Å². The fraction of sp³-hybridized carbons (Fsp3) is 0.438. The first kappa shape index (κ1) is 24.0. The molecule has 4 aromatic rings. The summed E-state index contributed by atoms with van der Waals surface area (Å²) < 4.78 is 2.40. The maximum absolute atomic E-state index is 5.22. The number of hydrogen-bond donors (Lipinski definition) is 2. The van der Waals surface area contributed by atoms with Crippen LogP contribution in [0, 0.1) is 5.92 Å². The van der Waals surface area contributed by atoms with E-state index in [1.54, 1.807) is 0 Å². The molecule has 2 N–H and O–H groups in total. The van der Waals surface area contributed by atoms with E-state index in [1.807, 2.05) is 6.20 Å². The first-order valence-corrected chi connectivity index (χ1v) is 14.0. The van der Waals surface area contributed by atoms with E-state index in [0.29, 0.717) is 23.7 Å². The van der Waals surface area contributed by atoms with Crippen LogP contribution in [0.4, 0.5) is 5.69 Å². The number of aromatic nitrogens is 4. The Kier molecular flexibility index (Phi) is 5.97. The zero-order chi connectivity index (χ0) is 25.8. The van der Waals surface area contributed by atoms with Gasteiger partial charge in [0.25, 0.3) is 0 Å². The standard InChI is InChI=1S/C32H39N5/c1-18(2)23-8-7-11-37-17-31(35-32(23)37)22-13-25(19(3)4)24-9-10-28(34-29(24)14-22)21-12-26(20(5)6)27-16-33-36-30(27)15-21/h9-10,12-20,23,28,34H,7-8,11H2,1-6H3,(H,33,36). The molecule has 0 bridgehead atoms. The van der Waals surface area contributed by atoms with E-state index in [0.717, 1.165) is 17.8 Å². The molecular weight excluding hydrogens is 454 g/mol. The number of aromatic amines is 1.